The first-order valence-corrected chi connectivity index (χ1v) is 14.2. The average Bonchev–Trinajstić information content (AvgIpc) is 3.17. The first kappa shape index (κ1) is 29.5. The van der Waals surface area contributed by atoms with Crippen molar-refractivity contribution in [1.29, 1.82) is 0 Å². The molecule has 0 unspecified atom stereocenters. The monoisotopic (exact) mass is 542 g/mol. The van der Waals surface area contributed by atoms with Crippen molar-refractivity contribution in [2.75, 3.05) is 18.1 Å². The number of allylic oxidation sites excluding steroid dienone is 3. The molecule has 3 atom stereocenters. The van der Waals surface area contributed by atoms with Gasteiger partial charge in [0.25, 0.3) is 5.91 Å². The molecule has 40 heavy (non-hydrogen) atoms. The summed E-state index contributed by atoms with van der Waals surface area (Å²) in [5.41, 5.74) is 4.35. The van der Waals surface area contributed by atoms with E-state index in [1.807, 2.05) is 55.5 Å². The molecule has 0 saturated heterocycles. The minimum Gasteiger partial charge on any atom is -0.394 e. The first-order valence-electron chi connectivity index (χ1n) is 14.2. The largest absolute Gasteiger partial charge is 0.394 e. The Hall–Kier alpha value is -3.48. The van der Waals surface area contributed by atoms with Gasteiger partial charge in [-0.3, -0.25) is 9.59 Å². The van der Waals surface area contributed by atoms with Crippen LogP contribution in [0.1, 0.15) is 63.6 Å². The zero-order valence-corrected chi connectivity index (χ0v) is 24.1. The molecule has 2 aromatic rings. The smallest absolute Gasteiger partial charge is 0.264 e. The molecule has 0 spiro atoms. The van der Waals surface area contributed by atoms with Gasteiger partial charge in [-0.15, -0.1) is 0 Å². The summed E-state index contributed by atoms with van der Waals surface area (Å²) in [5, 5.41) is 21.7. The molecule has 0 bridgehead atoms. The van der Waals surface area contributed by atoms with Crippen molar-refractivity contribution in [1.82, 2.24) is 4.90 Å². The number of hydrogen-bond donors (Lipinski definition) is 2. The molecule has 4 rings (SSSR count). The van der Waals surface area contributed by atoms with Crippen molar-refractivity contribution in [2.24, 2.45) is 5.92 Å². The minimum absolute atomic E-state index is 0.0857. The molecule has 0 saturated carbocycles. The normalized spacial score (nSPS) is 21.4. The van der Waals surface area contributed by atoms with Crippen molar-refractivity contribution in [3.05, 3.63) is 101 Å². The zero-order valence-electron chi connectivity index (χ0n) is 24.1. The fourth-order valence-electron chi connectivity index (χ4n) is 5.69. The number of benzene rings is 2. The van der Waals surface area contributed by atoms with E-state index in [-0.39, 0.29) is 30.9 Å². The van der Waals surface area contributed by atoms with Gasteiger partial charge in [-0.1, -0.05) is 84.8 Å². The van der Waals surface area contributed by atoms with Crippen LogP contribution in [0.15, 0.2) is 84.0 Å². The van der Waals surface area contributed by atoms with Crippen LogP contribution < -0.4 is 4.90 Å². The van der Waals surface area contributed by atoms with Gasteiger partial charge >= 0.3 is 0 Å². The summed E-state index contributed by atoms with van der Waals surface area (Å²) in [4.78, 5) is 30.2. The molecule has 0 aromatic heterocycles. The maximum Gasteiger partial charge on any atom is 0.264 e. The van der Waals surface area contributed by atoms with Crippen molar-refractivity contribution in [3.63, 3.8) is 0 Å². The Morgan fingerprint density at radius 1 is 1.07 bits per heavy atom. The van der Waals surface area contributed by atoms with Crippen LogP contribution in [0.4, 0.5) is 5.69 Å². The van der Waals surface area contributed by atoms with Crippen molar-refractivity contribution in [2.45, 2.75) is 71.6 Å². The van der Waals surface area contributed by atoms with Gasteiger partial charge in [0, 0.05) is 31.0 Å². The fourth-order valence-corrected chi connectivity index (χ4v) is 5.69. The van der Waals surface area contributed by atoms with Gasteiger partial charge in [0.2, 0.25) is 5.91 Å². The number of rotatable bonds is 10. The van der Waals surface area contributed by atoms with Crippen molar-refractivity contribution >= 4 is 17.5 Å². The third-order valence-corrected chi connectivity index (χ3v) is 8.15. The maximum atomic E-state index is 13.7. The quantitative estimate of drug-likeness (QED) is 0.392. The number of carbonyl (C=O) groups is 2. The molecule has 2 aliphatic rings. The lowest BCUT2D eigenvalue weighted by Gasteiger charge is -2.36. The molecule has 0 radical (unpaired) electrons. The Labute approximate surface area is 238 Å². The summed E-state index contributed by atoms with van der Waals surface area (Å²) in [5.74, 6) is -0.978. The van der Waals surface area contributed by atoms with Gasteiger partial charge in [0.1, 0.15) is 0 Å². The van der Waals surface area contributed by atoms with Crippen LogP contribution >= 0.6 is 0 Å². The van der Waals surface area contributed by atoms with Gasteiger partial charge in [-0.25, -0.2) is 0 Å². The second kappa shape index (κ2) is 12.8. The molecule has 0 aliphatic carbocycles. The number of para-hydroxylation sites is 1. The summed E-state index contributed by atoms with van der Waals surface area (Å²) in [6.07, 6.45) is 10.4. The van der Waals surface area contributed by atoms with E-state index in [1.165, 1.54) is 11.1 Å². The number of carbonyl (C=O) groups excluding carboxylic acids is 2. The second-order valence-electron chi connectivity index (χ2n) is 11.3. The lowest BCUT2D eigenvalue weighted by molar-refractivity contribution is -0.139. The molecule has 2 N–H and O–H groups in total. The zero-order chi connectivity index (χ0) is 28.9. The first-order chi connectivity index (χ1) is 19.2. The molecule has 6 nitrogen and oxygen atoms in total. The third kappa shape index (κ3) is 6.13. The molecule has 2 aliphatic heterocycles. The highest BCUT2D eigenvalue weighted by molar-refractivity contribution is 6.07. The van der Waals surface area contributed by atoms with E-state index in [2.05, 4.69) is 32.9 Å². The van der Waals surface area contributed by atoms with E-state index in [4.69, 9.17) is 0 Å². The molecule has 2 amide bonds. The Kier molecular flexibility index (Phi) is 9.44. The van der Waals surface area contributed by atoms with E-state index in [0.717, 1.165) is 29.7 Å². The van der Waals surface area contributed by atoms with Gasteiger partial charge in [0.15, 0.2) is 5.60 Å². The fraction of sp³-hybridized carbons (Fsp3) is 0.412. The highest BCUT2D eigenvalue weighted by Crippen LogP contribution is 2.45. The van der Waals surface area contributed by atoms with Crippen molar-refractivity contribution < 1.29 is 19.8 Å². The van der Waals surface area contributed by atoms with Gasteiger partial charge in [0.05, 0.1) is 18.3 Å². The maximum absolute atomic E-state index is 13.7. The Morgan fingerprint density at radius 2 is 1.77 bits per heavy atom. The number of amides is 2. The van der Waals surface area contributed by atoms with Gasteiger partial charge < -0.3 is 20.0 Å². The highest BCUT2D eigenvalue weighted by atomic mass is 16.3. The molecular weight excluding hydrogens is 500 g/mol. The molecule has 212 valence electrons. The lowest BCUT2D eigenvalue weighted by Crippen LogP contribution is -2.46. The SMILES string of the molecule is CC(C)=CCC/C(C)=C/CN1C(=O)[C@@](O)([C@@H](C)/C=C/CC(=O)N2Cc3ccccc3C[C@H]2CO)c2ccccc21. The molecule has 0 fully saturated rings. The topological polar surface area (TPSA) is 81.1 Å². The number of aliphatic hydroxyl groups excluding tert-OH is 1. The number of fused-ring (bicyclic) bond motifs is 2. The number of nitrogens with zero attached hydrogens (tertiary/aromatic N) is 2. The number of aliphatic hydroxyl groups is 2. The summed E-state index contributed by atoms with van der Waals surface area (Å²) in [6.45, 7) is 8.83. The van der Waals surface area contributed by atoms with Crippen molar-refractivity contribution in [3.8, 4) is 0 Å². The summed E-state index contributed by atoms with van der Waals surface area (Å²) in [6, 6.07) is 15.2. The molecular formula is C34H42N2O4. The highest BCUT2D eigenvalue weighted by Gasteiger charge is 2.52. The van der Waals surface area contributed by atoms with Crippen LogP contribution in [0, 0.1) is 5.92 Å². The third-order valence-electron chi connectivity index (χ3n) is 8.15. The van der Waals surface area contributed by atoms with Crippen LogP contribution in [-0.2, 0) is 28.2 Å². The standard InChI is InChI=1S/C34H42N2O4/c1-24(2)11-9-12-25(3)19-20-35-31-17-8-7-16-30(31)34(40,33(35)39)26(4)13-10-18-32(38)36-22-28-15-6-5-14-27(28)21-29(36)23-37/h5-8,10-11,13-17,19,26,29,37,40H,9,12,18,20-23H2,1-4H3/b13-10+,25-19+/t26-,29-,34+/m0/s1. The van der Waals surface area contributed by atoms with E-state index in [1.54, 1.807) is 22.0 Å². The van der Waals surface area contributed by atoms with E-state index >= 15 is 0 Å². The Morgan fingerprint density at radius 3 is 2.50 bits per heavy atom. The number of hydrogen-bond acceptors (Lipinski definition) is 4. The molecule has 2 heterocycles. The second-order valence-corrected chi connectivity index (χ2v) is 11.3. The summed E-state index contributed by atoms with van der Waals surface area (Å²) >= 11 is 0. The Balaban J connectivity index is 1.45. The molecule has 6 heteroatoms. The predicted octanol–water partition coefficient (Wildman–Crippen LogP) is 5.44. The van der Waals surface area contributed by atoms with E-state index in [9.17, 15) is 19.8 Å². The van der Waals surface area contributed by atoms with Gasteiger partial charge in [-0.2, -0.15) is 0 Å². The average molecular weight is 543 g/mol. The van der Waals surface area contributed by atoms with Gasteiger partial charge in [-0.05, 0) is 57.2 Å². The predicted molar refractivity (Wildman–Crippen MR) is 160 cm³/mol. The number of anilines is 1. The van der Waals surface area contributed by atoms with Crippen LogP contribution in [-0.4, -0.2) is 46.1 Å². The summed E-state index contributed by atoms with van der Waals surface area (Å²) < 4.78 is 0. The van der Waals surface area contributed by atoms with Crippen LogP contribution in [0.5, 0.6) is 0 Å². The van der Waals surface area contributed by atoms with Crippen LogP contribution in [0.2, 0.25) is 0 Å². The van der Waals surface area contributed by atoms with Crippen LogP contribution in [0.25, 0.3) is 0 Å². The Bertz CT molecular complexity index is 1320. The van der Waals surface area contributed by atoms with Crippen LogP contribution in [0.3, 0.4) is 0 Å². The summed E-state index contributed by atoms with van der Waals surface area (Å²) in [7, 11) is 0. The molecule has 2 aromatic carbocycles. The minimum atomic E-state index is -1.71. The van der Waals surface area contributed by atoms with E-state index in [0.29, 0.717) is 25.1 Å². The lowest BCUT2D eigenvalue weighted by atomic mass is 9.83. The van der Waals surface area contributed by atoms with E-state index < -0.39 is 11.5 Å².